The fourth-order valence-corrected chi connectivity index (χ4v) is 6.27. The summed E-state index contributed by atoms with van der Waals surface area (Å²) >= 11 is 0. The van der Waals surface area contributed by atoms with Gasteiger partial charge in [-0.05, 0) is 56.3 Å². The number of para-hydroxylation sites is 2. The van der Waals surface area contributed by atoms with Crippen LogP contribution in [0.3, 0.4) is 0 Å². The average molecular weight is 404 g/mol. The Kier molecular flexibility index (Phi) is 3.07. The van der Waals surface area contributed by atoms with E-state index in [-0.39, 0.29) is 13.7 Å². The highest BCUT2D eigenvalue weighted by molar-refractivity contribution is 6.96. The van der Waals surface area contributed by atoms with Crippen molar-refractivity contribution < 1.29 is 0 Å². The van der Waals surface area contributed by atoms with Gasteiger partial charge in [0.1, 0.15) is 0 Å². The van der Waals surface area contributed by atoms with Crippen LogP contribution in [0.1, 0.15) is 22.3 Å². The van der Waals surface area contributed by atoms with E-state index in [9.17, 15) is 0 Å². The van der Waals surface area contributed by atoms with Crippen molar-refractivity contribution in [2.75, 3.05) is 10.5 Å². The van der Waals surface area contributed by atoms with Gasteiger partial charge in [-0.1, -0.05) is 84.9 Å². The smallest absolute Gasteiger partial charge is 0.321 e. The van der Waals surface area contributed by atoms with Crippen LogP contribution in [0.5, 0.6) is 0 Å². The first kappa shape index (κ1) is 16.7. The monoisotopic (exact) mass is 404 g/mol. The summed E-state index contributed by atoms with van der Waals surface area (Å²) in [6, 6.07) is 35.4. The average Bonchev–Trinajstić information content (AvgIpc) is 2.87. The van der Waals surface area contributed by atoms with Gasteiger partial charge in [0.2, 0.25) is 0 Å². The van der Waals surface area contributed by atoms with Crippen LogP contribution in [0.4, 0.5) is 11.4 Å². The third-order valence-electron chi connectivity index (χ3n) is 7.48. The summed E-state index contributed by atoms with van der Waals surface area (Å²) in [5.41, 5.74) is 16.1. The maximum absolute atomic E-state index is 3.91. The Hall–Kier alpha value is -3.91. The molecule has 0 saturated heterocycles. The zero-order valence-electron chi connectivity index (χ0n) is 17.4. The Morgan fingerprint density at radius 2 is 0.781 bits per heavy atom. The highest BCUT2D eigenvalue weighted by Gasteiger charge is 2.49. The van der Waals surface area contributed by atoms with E-state index >= 15 is 0 Å². The van der Waals surface area contributed by atoms with Gasteiger partial charge in [0.25, 0.3) is 0 Å². The predicted octanol–water partition coefficient (Wildman–Crippen LogP) is 4.34. The molecule has 0 spiro atoms. The largest absolute Gasteiger partial charge is 0.420 e. The number of nitrogens with one attached hydrogen (secondary N) is 2. The molecule has 2 nitrogen and oxygen atoms in total. The number of fused-ring (bicyclic) bond motifs is 10. The van der Waals surface area contributed by atoms with E-state index < -0.39 is 0 Å². The van der Waals surface area contributed by atoms with Gasteiger partial charge in [0.05, 0.1) is 0 Å². The Labute approximate surface area is 187 Å². The van der Waals surface area contributed by atoms with Gasteiger partial charge in [-0.25, -0.2) is 0 Å². The first-order chi connectivity index (χ1) is 15.9. The van der Waals surface area contributed by atoms with E-state index in [1.165, 1.54) is 66.6 Å². The fraction of sp³-hybridized carbons (Fsp3) is 0. The minimum atomic E-state index is 0.151. The highest BCUT2D eigenvalue weighted by Crippen LogP contribution is 2.50. The van der Waals surface area contributed by atoms with Crippen LogP contribution >= 0.6 is 0 Å². The van der Waals surface area contributed by atoms with Gasteiger partial charge < -0.3 is 10.5 Å². The quantitative estimate of drug-likeness (QED) is 0.426. The molecule has 8 rings (SSSR count). The highest BCUT2D eigenvalue weighted by atomic mass is 14.8. The van der Waals surface area contributed by atoms with Gasteiger partial charge in [0, 0.05) is 22.5 Å². The molecular weight excluding hydrogens is 386 g/mol. The van der Waals surface area contributed by atoms with Crippen LogP contribution in [0.25, 0.3) is 11.1 Å². The molecule has 0 radical (unpaired) electrons. The lowest BCUT2D eigenvalue weighted by molar-refractivity contribution is 1.41. The van der Waals surface area contributed by atoms with E-state index in [4.69, 9.17) is 0 Å². The molecule has 146 valence electrons. The van der Waals surface area contributed by atoms with Gasteiger partial charge in [-0.15, -0.1) is 0 Å². The van der Waals surface area contributed by atoms with Crippen molar-refractivity contribution in [2.24, 2.45) is 0 Å². The van der Waals surface area contributed by atoms with Crippen molar-refractivity contribution in [2.45, 2.75) is 0 Å². The molecule has 4 aliphatic heterocycles. The normalized spacial score (nSPS) is 16.2. The van der Waals surface area contributed by atoms with E-state index in [2.05, 4.69) is 108 Å². The second-order valence-corrected chi connectivity index (χ2v) is 9.00. The lowest BCUT2D eigenvalue weighted by Crippen LogP contribution is -2.57. The van der Waals surface area contributed by atoms with Gasteiger partial charge in [0.15, 0.2) is 0 Å². The summed E-state index contributed by atoms with van der Waals surface area (Å²) in [7, 11) is 0. The van der Waals surface area contributed by atoms with Crippen molar-refractivity contribution in [1.29, 1.82) is 0 Å². The second-order valence-electron chi connectivity index (χ2n) is 9.00. The van der Waals surface area contributed by atoms with Crippen LogP contribution in [0, 0.1) is 0 Å². The van der Waals surface area contributed by atoms with Gasteiger partial charge in [-0.3, -0.25) is 0 Å². The van der Waals surface area contributed by atoms with Crippen molar-refractivity contribution in [3.05, 3.63) is 130 Å². The summed E-state index contributed by atoms with van der Waals surface area (Å²) in [4.78, 5) is 0. The molecule has 0 fully saturated rings. The summed E-state index contributed by atoms with van der Waals surface area (Å²) in [5, 5.41) is 7.82. The van der Waals surface area contributed by atoms with Crippen LogP contribution < -0.4 is 21.4 Å². The van der Waals surface area contributed by atoms with E-state index in [0.717, 1.165) is 0 Å². The molecule has 0 aliphatic carbocycles. The molecule has 4 aromatic carbocycles. The third kappa shape index (κ3) is 1.94. The Balaban J connectivity index is 1.61. The minimum absolute atomic E-state index is 0.151. The maximum atomic E-state index is 3.91. The first-order valence-electron chi connectivity index (χ1n) is 11.3. The van der Waals surface area contributed by atoms with E-state index in [0.29, 0.717) is 0 Å². The Morgan fingerprint density at radius 1 is 0.406 bits per heavy atom. The zero-order valence-corrected chi connectivity index (χ0v) is 17.4. The fourth-order valence-electron chi connectivity index (χ4n) is 6.27. The predicted molar refractivity (Wildman–Crippen MR) is 136 cm³/mol. The number of benzene rings is 4. The molecule has 0 saturated carbocycles. The summed E-state index contributed by atoms with van der Waals surface area (Å²) in [5.74, 6) is 0. The second kappa shape index (κ2) is 5.86. The zero-order chi connectivity index (χ0) is 20.8. The summed E-state index contributed by atoms with van der Waals surface area (Å²) < 4.78 is 0. The summed E-state index contributed by atoms with van der Waals surface area (Å²) in [6.45, 7) is 0.301. The third-order valence-corrected chi connectivity index (χ3v) is 7.48. The van der Waals surface area contributed by atoms with Crippen molar-refractivity contribution >= 4 is 47.1 Å². The molecule has 4 aromatic rings. The first-order valence-corrected chi connectivity index (χ1v) is 11.3. The molecule has 2 N–H and O–H groups in total. The molecular formula is C28H18B2N2. The van der Waals surface area contributed by atoms with E-state index in [1.54, 1.807) is 0 Å². The molecule has 0 bridgehead atoms. The number of allylic oxidation sites excluding steroid dienone is 2. The summed E-state index contributed by atoms with van der Waals surface area (Å²) in [6.07, 6.45) is 0. The Morgan fingerprint density at radius 3 is 1.25 bits per heavy atom. The lowest BCUT2D eigenvalue weighted by atomic mass is 9.29. The molecule has 0 unspecified atom stereocenters. The minimum Gasteiger partial charge on any atom is -0.420 e. The molecule has 4 heterocycles. The van der Waals surface area contributed by atoms with Crippen LogP contribution in [0.2, 0.25) is 0 Å². The standard InChI is InChI=1S/C28H18B2N2/c1-5-13-21-17(9-1)25-19-11-3-7-15-23(19)32-30-22-14-6-2-10-18(22)26-20-12-4-8-16-24(20)31-29(21)28(26)27(25)30/h1-16,31-32H. The van der Waals surface area contributed by atoms with Crippen molar-refractivity contribution in [1.82, 2.24) is 0 Å². The molecule has 0 amide bonds. The number of hydrogen-bond acceptors (Lipinski definition) is 2. The molecule has 0 atom stereocenters. The van der Waals surface area contributed by atoms with Crippen molar-refractivity contribution in [3.63, 3.8) is 0 Å². The SMILES string of the molecule is c1ccc2c(c1)NB1C3=C2c2ccccc2B2Nc4ccccc4C(=C23)c2ccccc21. The number of hydrogen-bond donors (Lipinski definition) is 2. The van der Waals surface area contributed by atoms with Crippen LogP contribution in [-0.4, -0.2) is 13.7 Å². The molecule has 4 heteroatoms. The van der Waals surface area contributed by atoms with Crippen LogP contribution in [-0.2, 0) is 0 Å². The van der Waals surface area contributed by atoms with Gasteiger partial charge in [-0.2, -0.15) is 0 Å². The molecule has 0 aromatic heterocycles. The van der Waals surface area contributed by atoms with Crippen LogP contribution in [0.15, 0.2) is 108 Å². The van der Waals surface area contributed by atoms with E-state index in [1.807, 2.05) is 0 Å². The van der Waals surface area contributed by atoms with Gasteiger partial charge >= 0.3 is 13.7 Å². The van der Waals surface area contributed by atoms with Crippen molar-refractivity contribution in [3.8, 4) is 0 Å². The lowest BCUT2D eigenvalue weighted by Gasteiger charge is -2.45. The Bertz CT molecular complexity index is 1430. The number of anilines is 2. The number of rotatable bonds is 0. The topological polar surface area (TPSA) is 24.1 Å². The maximum Gasteiger partial charge on any atom is 0.321 e. The molecule has 32 heavy (non-hydrogen) atoms. The molecule has 4 aliphatic rings.